The lowest BCUT2D eigenvalue weighted by Crippen LogP contribution is -2.08. The van der Waals surface area contributed by atoms with Crippen LogP contribution in [0.1, 0.15) is 22.6 Å². The largest absolute Gasteiger partial charge is 0.497 e. The van der Waals surface area contributed by atoms with Crippen LogP contribution in [0.25, 0.3) is 5.95 Å². The van der Waals surface area contributed by atoms with Gasteiger partial charge in [-0.15, -0.1) is 0 Å². The predicted molar refractivity (Wildman–Crippen MR) is 104 cm³/mol. The monoisotopic (exact) mass is 366 g/mol. The number of benzene rings is 1. The minimum absolute atomic E-state index is 0.500. The number of ether oxygens (including phenoxy) is 2. The Morgan fingerprint density at radius 2 is 1.81 bits per heavy atom. The highest BCUT2D eigenvalue weighted by molar-refractivity contribution is 5.84. The summed E-state index contributed by atoms with van der Waals surface area (Å²) >= 11 is 0. The molecule has 0 saturated carbocycles. The Balaban J connectivity index is 1.82. The molecule has 3 aromatic rings. The van der Waals surface area contributed by atoms with Crippen molar-refractivity contribution in [3.05, 3.63) is 53.0 Å². The molecule has 0 fully saturated rings. The number of anilines is 1. The fraction of sp³-hybridized carbons (Fsp3) is 0.263. The lowest BCUT2D eigenvalue weighted by Gasteiger charge is -2.08. The first-order chi connectivity index (χ1) is 13.0. The van der Waals surface area contributed by atoms with Crippen molar-refractivity contribution < 1.29 is 9.47 Å². The summed E-state index contributed by atoms with van der Waals surface area (Å²) in [7, 11) is 3.22. The normalized spacial score (nSPS) is 11.0. The molecule has 1 aromatic carbocycles. The summed E-state index contributed by atoms with van der Waals surface area (Å²) < 4.78 is 12.3. The van der Waals surface area contributed by atoms with Crippen molar-refractivity contribution in [2.24, 2.45) is 5.10 Å². The lowest BCUT2D eigenvalue weighted by molar-refractivity contribution is 0.394. The van der Waals surface area contributed by atoms with Crippen LogP contribution < -0.4 is 14.9 Å². The van der Waals surface area contributed by atoms with Crippen LogP contribution in [0, 0.1) is 20.8 Å². The first kappa shape index (κ1) is 18.4. The number of nitrogens with one attached hydrogen (secondary N) is 1. The highest BCUT2D eigenvalue weighted by Crippen LogP contribution is 2.23. The molecule has 0 amide bonds. The molecule has 8 nitrogen and oxygen atoms in total. The minimum Gasteiger partial charge on any atom is -0.497 e. The summed E-state index contributed by atoms with van der Waals surface area (Å²) in [5.74, 6) is 2.47. The van der Waals surface area contributed by atoms with Gasteiger partial charge in [0, 0.05) is 29.1 Å². The smallest absolute Gasteiger partial charge is 0.253 e. The van der Waals surface area contributed by atoms with Gasteiger partial charge in [0.05, 0.1) is 26.1 Å². The van der Waals surface area contributed by atoms with Gasteiger partial charge in [0.2, 0.25) is 0 Å². The second kappa shape index (κ2) is 7.86. The van der Waals surface area contributed by atoms with Crippen LogP contribution in [0.4, 0.5) is 5.82 Å². The van der Waals surface area contributed by atoms with Gasteiger partial charge in [-0.1, -0.05) is 0 Å². The quantitative estimate of drug-likeness (QED) is 0.533. The van der Waals surface area contributed by atoms with E-state index >= 15 is 0 Å². The molecule has 3 rings (SSSR count). The number of nitrogens with zero attached hydrogens (tertiary/aromatic N) is 5. The Hall–Kier alpha value is -3.42. The van der Waals surface area contributed by atoms with E-state index in [1.165, 1.54) is 0 Å². The van der Waals surface area contributed by atoms with E-state index in [9.17, 15) is 0 Å². The maximum Gasteiger partial charge on any atom is 0.253 e. The molecule has 8 heteroatoms. The zero-order valence-corrected chi connectivity index (χ0v) is 16.0. The van der Waals surface area contributed by atoms with Crippen molar-refractivity contribution in [2.75, 3.05) is 19.6 Å². The molecule has 1 N–H and O–H groups in total. The zero-order chi connectivity index (χ0) is 19.4. The highest BCUT2D eigenvalue weighted by Gasteiger charge is 2.09. The molecule has 0 saturated heterocycles. The average molecular weight is 366 g/mol. The van der Waals surface area contributed by atoms with Crippen LogP contribution in [-0.4, -0.2) is 40.2 Å². The molecule has 0 aliphatic rings. The first-order valence-corrected chi connectivity index (χ1v) is 8.40. The zero-order valence-electron chi connectivity index (χ0n) is 16.0. The molecule has 2 heterocycles. The number of aryl methyl sites for hydroxylation is 3. The number of hydrazone groups is 1. The summed E-state index contributed by atoms with van der Waals surface area (Å²) in [5.41, 5.74) is 6.45. The van der Waals surface area contributed by atoms with Crippen molar-refractivity contribution >= 4 is 12.0 Å². The van der Waals surface area contributed by atoms with Crippen molar-refractivity contribution in [3.63, 3.8) is 0 Å². The second-order valence-corrected chi connectivity index (χ2v) is 6.01. The van der Waals surface area contributed by atoms with Gasteiger partial charge in [-0.2, -0.15) is 15.2 Å². The molecular formula is C19H22N6O2. The number of aromatic nitrogens is 4. The van der Waals surface area contributed by atoms with Crippen molar-refractivity contribution in [3.8, 4) is 17.4 Å². The van der Waals surface area contributed by atoms with Crippen LogP contribution >= 0.6 is 0 Å². The lowest BCUT2D eigenvalue weighted by atomic mass is 10.2. The molecule has 0 radical (unpaired) electrons. The molecule has 0 bridgehead atoms. The first-order valence-electron chi connectivity index (χ1n) is 8.40. The average Bonchev–Trinajstić information content (AvgIpc) is 2.99. The van der Waals surface area contributed by atoms with Gasteiger partial charge in [-0.3, -0.25) is 5.43 Å². The standard InChI is InChI=1S/C19H22N6O2/c1-12-9-18(22-19(21-12)25-14(3)8-13(2)24-25)23-20-11-15-6-7-16(26-4)10-17(15)27-5/h6-11H,1-5H3,(H,21,22,23). The van der Waals surface area contributed by atoms with E-state index in [2.05, 4.69) is 25.6 Å². The SMILES string of the molecule is COc1ccc(C=NNc2cc(C)nc(-n3nc(C)cc3C)n2)c(OC)c1. The number of hydrogen-bond acceptors (Lipinski definition) is 7. The molecule has 0 atom stereocenters. The van der Waals surface area contributed by atoms with Gasteiger partial charge >= 0.3 is 0 Å². The Kier molecular flexibility index (Phi) is 5.35. The number of rotatable bonds is 6. The van der Waals surface area contributed by atoms with Gasteiger partial charge in [-0.25, -0.2) is 9.67 Å². The maximum absolute atomic E-state index is 5.37. The van der Waals surface area contributed by atoms with Crippen LogP contribution in [0.2, 0.25) is 0 Å². The Bertz CT molecular complexity index is 980. The molecule has 27 heavy (non-hydrogen) atoms. The van der Waals surface area contributed by atoms with E-state index in [0.717, 1.165) is 28.4 Å². The molecule has 2 aromatic heterocycles. The minimum atomic E-state index is 0.500. The molecule has 0 unspecified atom stereocenters. The third-order valence-corrected chi connectivity index (χ3v) is 3.86. The summed E-state index contributed by atoms with van der Waals surface area (Å²) in [5, 5.41) is 8.69. The van der Waals surface area contributed by atoms with Gasteiger partial charge in [0.15, 0.2) is 5.82 Å². The third kappa shape index (κ3) is 4.22. The van der Waals surface area contributed by atoms with Crippen molar-refractivity contribution in [1.29, 1.82) is 0 Å². The Morgan fingerprint density at radius 1 is 1.00 bits per heavy atom. The molecular weight excluding hydrogens is 344 g/mol. The van der Waals surface area contributed by atoms with Crippen molar-refractivity contribution in [2.45, 2.75) is 20.8 Å². The van der Waals surface area contributed by atoms with Crippen LogP contribution in [0.5, 0.6) is 11.5 Å². The Morgan fingerprint density at radius 3 is 2.48 bits per heavy atom. The summed E-state index contributed by atoms with van der Waals surface area (Å²) in [6.45, 7) is 5.80. The molecule has 0 aliphatic heterocycles. The van der Waals surface area contributed by atoms with Gasteiger partial charge in [0.1, 0.15) is 11.5 Å². The summed E-state index contributed by atoms with van der Waals surface area (Å²) in [6.07, 6.45) is 1.67. The molecule has 0 aliphatic carbocycles. The topological polar surface area (TPSA) is 86.5 Å². The van der Waals surface area contributed by atoms with E-state index < -0.39 is 0 Å². The number of methoxy groups -OCH3 is 2. The van der Waals surface area contributed by atoms with E-state index in [4.69, 9.17) is 9.47 Å². The predicted octanol–water partition coefficient (Wildman–Crippen LogP) is 3.05. The fourth-order valence-corrected chi connectivity index (χ4v) is 2.63. The maximum atomic E-state index is 5.37. The molecule has 0 spiro atoms. The number of hydrogen-bond donors (Lipinski definition) is 1. The molecule has 140 valence electrons. The van der Waals surface area contributed by atoms with E-state index in [1.807, 2.05) is 45.0 Å². The van der Waals surface area contributed by atoms with E-state index in [1.54, 1.807) is 31.2 Å². The highest BCUT2D eigenvalue weighted by atomic mass is 16.5. The Labute approximate surface area is 157 Å². The summed E-state index contributed by atoms with van der Waals surface area (Å²) in [4.78, 5) is 8.95. The van der Waals surface area contributed by atoms with Crippen LogP contribution in [0.3, 0.4) is 0 Å². The van der Waals surface area contributed by atoms with E-state index in [0.29, 0.717) is 17.5 Å². The summed E-state index contributed by atoms with van der Waals surface area (Å²) in [6, 6.07) is 9.32. The van der Waals surface area contributed by atoms with Gasteiger partial charge in [0.25, 0.3) is 5.95 Å². The van der Waals surface area contributed by atoms with Crippen LogP contribution in [0.15, 0.2) is 35.4 Å². The van der Waals surface area contributed by atoms with Gasteiger partial charge < -0.3 is 9.47 Å². The van der Waals surface area contributed by atoms with Gasteiger partial charge in [-0.05, 0) is 39.0 Å². The second-order valence-electron chi connectivity index (χ2n) is 6.01. The fourth-order valence-electron chi connectivity index (χ4n) is 2.63. The van der Waals surface area contributed by atoms with E-state index in [-0.39, 0.29) is 0 Å². The van der Waals surface area contributed by atoms with Crippen LogP contribution in [-0.2, 0) is 0 Å². The third-order valence-electron chi connectivity index (χ3n) is 3.86. The van der Waals surface area contributed by atoms with Crippen molar-refractivity contribution in [1.82, 2.24) is 19.7 Å².